The first-order chi connectivity index (χ1) is 11.6. The number of fused-ring (bicyclic) bond motifs is 1. The summed E-state index contributed by atoms with van der Waals surface area (Å²) in [6.07, 6.45) is 5.16. The Morgan fingerprint density at radius 1 is 1.46 bits per heavy atom. The summed E-state index contributed by atoms with van der Waals surface area (Å²) < 4.78 is 7.54. The van der Waals surface area contributed by atoms with E-state index >= 15 is 0 Å². The number of imidazole rings is 1. The van der Waals surface area contributed by atoms with Crippen LogP contribution in [0, 0.1) is 6.92 Å². The van der Waals surface area contributed by atoms with Gasteiger partial charge in [0.15, 0.2) is 5.65 Å². The maximum atomic E-state index is 13.0. The Morgan fingerprint density at radius 2 is 2.33 bits per heavy atom. The summed E-state index contributed by atoms with van der Waals surface area (Å²) in [4.78, 5) is 26.4. The fraction of sp³-hybridized carbons (Fsp3) is 0.375. The molecule has 4 rings (SSSR count). The summed E-state index contributed by atoms with van der Waals surface area (Å²) in [7, 11) is 1.86. The molecule has 3 aromatic heterocycles. The van der Waals surface area contributed by atoms with Gasteiger partial charge in [0.05, 0.1) is 30.4 Å². The summed E-state index contributed by atoms with van der Waals surface area (Å²) in [6.45, 7) is 3.42. The van der Waals surface area contributed by atoms with Gasteiger partial charge in [-0.15, -0.1) is 0 Å². The molecule has 1 aliphatic heterocycles. The quantitative estimate of drug-likeness (QED) is 0.765. The van der Waals surface area contributed by atoms with E-state index in [1.54, 1.807) is 23.1 Å². The number of nitrogens with one attached hydrogen (secondary N) is 1. The number of hydrogen-bond acceptors (Lipinski definition) is 5. The highest BCUT2D eigenvalue weighted by Crippen LogP contribution is 2.24. The molecule has 4 heterocycles. The van der Waals surface area contributed by atoms with Crippen molar-refractivity contribution in [3.63, 3.8) is 0 Å². The Labute approximate surface area is 138 Å². The first kappa shape index (κ1) is 14.8. The number of ether oxygens (including phenoxy) is 1. The maximum Gasteiger partial charge on any atom is 0.256 e. The monoisotopic (exact) mass is 326 g/mol. The molecule has 124 valence electrons. The van der Waals surface area contributed by atoms with Gasteiger partial charge in [0.1, 0.15) is 11.9 Å². The van der Waals surface area contributed by atoms with Gasteiger partial charge in [-0.3, -0.25) is 9.48 Å². The van der Waals surface area contributed by atoms with E-state index in [1.807, 2.05) is 25.1 Å². The van der Waals surface area contributed by atoms with Crippen LogP contribution in [-0.4, -0.2) is 55.2 Å². The second-order valence-electron chi connectivity index (χ2n) is 5.94. The number of hydrogen-bond donors (Lipinski definition) is 1. The third kappa shape index (κ3) is 2.54. The van der Waals surface area contributed by atoms with Gasteiger partial charge in [0.2, 0.25) is 0 Å². The van der Waals surface area contributed by atoms with Crippen molar-refractivity contribution in [2.75, 3.05) is 19.7 Å². The lowest BCUT2D eigenvalue weighted by atomic mass is 10.1. The summed E-state index contributed by atoms with van der Waals surface area (Å²) in [5.74, 6) is 0.705. The molecule has 1 unspecified atom stereocenters. The van der Waals surface area contributed by atoms with Crippen LogP contribution in [0.25, 0.3) is 11.2 Å². The van der Waals surface area contributed by atoms with Gasteiger partial charge in [0.25, 0.3) is 5.91 Å². The van der Waals surface area contributed by atoms with E-state index in [0.29, 0.717) is 36.4 Å². The van der Waals surface area contributed by atoms with Crippen LogP contribution in [-0.2, 0) is 11.8 Å². The molecule has 0 spiro atoms. The molecule has 1 amide bonds. The third-order valence-electron chi connectivity index (χ3n) is 4.19. The molecular weight excluding hydrogens is 308 g/mol. The number of nitrogens with zero attached hydrogens (tertiary/aromatic N) is 5. The van der Waals surface area contributed by atoms with Crippen molar-refractivity contribution in [3.8, 4) is 0 Å². The fourth-order valence-electron chi connectivity index (χ4n) is 3.02. The van der Waals surface area contributed by atoms with E-state index in [0.717, 1.165) is 11.4 Å². The van der Waals surface area contributed by atoms with Crippen molar-refractivity contribution in [1.82, 2.24) is 29.6 Å². The van der Waals surface area contributed by atoms with Crippen LogP contribution >= 0.6 is 0 Å². The minimum Gasteiger partial charge on any atom is -0.370 e. The summed E-state index contributed by atoms with van der Waals surface area (Å²) >= 11 is 0. The van der Waals surface area contributed by atoms with Crippen molar-refractivity contribution in [3.05, 3.63) is 41.6 Å². The lowest BCUT2D eigenvalue weighted by Gasteiger charge is -2.32. The number of morpholine rings is 1. The number of aromatic nitrogens is 5. The van der Waals surface area contributed by atoms with Gasteiger partial charge in [-0.05, 0) is 13.0 Å². The Morgan fingerprint density at radius 3 is 3.12 bits per heavy atom. The molecule has 0 aromatic carbocycles. The number of carbonyl (C=O) groups is 1. The first-order valence-electron chi connectivity index (χ1n) is 7.82. The van der Waals surface area contributed by atoms with Gasteiger partial charge in [0, 0.05) is 31.5 Å². The van der Waals surface area contributed by atoms with Gasteiger partial charge >= 0.3 is 0 Å². The van der Waals surface area contributed by atoms with E-state index in [9.17, 15) is 4.79 Å². The van der Waals surface area contributed by atoms with Gasteiger partial charge in [-0.2, -0.15) is 5.10 Å². The lowest BCUT2D eigenvalue weighted by molar-refractivity contribution is -0.0227. The Bertz CT molecular complexity index is 899. The van der Waals surface area contributed by atoms with Crippen molar-refractivity contribution < 1.29 is 9.53 Å². The predicted molar refractivity (Wildman–Crippen MR) is 86.4 cm³/mol. The van der Waals surface area contributed by atoms with Crippen molar-refractivity contribution in [2.24, 2.45) is 7.05 Å². The first-order valence-corrected chi connectivity index (χ1v) is 7.82. The van der Waals surface area contributed by atoms with Gasteiger partial charge < -0.3 is 14.6 Å². The Balaban J connectivity index is 1.61. The molecule has 1 atom stereocenters. The number of amides is 1. The molecule has 8 heteroatoms. The summed E-state index contributed by atoms with van der Waals surface area (Å²) in [6, 6.07) is 1.73. The zero-order valence-electron chi connectivity index (χ0n) is 13.6. The Kier molecular flexibility index (Phi) is 3.53. The fourth-order valence-corrected chi connectivity index (χ4v) is 3.02. The second-order valence-corrected chi connectivity index (χ2v) is 5.94. The smallest absolute Gasteiger partial charge is 0.256 e. The predicted octanol–water partition coefficient (Wildman–Crippen LogP) is 1.21. The molecular formula is C16H18N6O2. The summed E-state index contributed by atoms with van der Waals surface area (Å²) in [5, 5.41) is 4.18. The molecule has 0 bridgehead atoms. The second kappa shape index (κ2) is 5.72. The van der Waals surface area contributed by atoms with Gasteiger partial charge in [-0.25, -0.2) is 9.97 Å². The highest BCUT2D eigenvalue weighted by Gasteiger charge is 2.28. The van der Waals surface area contributed by atoms with Crippen LogP contribution < -0.4 is 0 Å². The number of pyridine rings is 1. The molecule has 1 fully saturated rings. The van der Waals surface area contributed by atoms with Gasteiger partial charge in [-0.1, -0.05) is 0 Å². The molecule has 1 saturated heterocycles. The lowest BCUT2D eigenvalue weighted by Crippen LogP contribution is -2.42. The standard InChI is InChI=1S/C16H18N6O2/c1-10-19-14-12(3-4-17-15(14)20-10)16(23)22-5-6-24-13(9-22)11-7-18-21(2)8-11/h3-4,7-8,13H,5-6,9H2,1-2H3,(H,17,19,20). The Hall–Kier alpha value is -2.74. The van der Waals surface area contributed by atoms with Crippen LogP contribution in [0.4, 0.5) is 0 Å². The zero-order chi connectivity index (χ0) is 16.7. The molecule has 3 aromatic rings. The van der Waals surface area contributed by atoms with Crippen LogP contribution in [0.5, 0.6) is 0 Å². The third-order valence-corrected chi connectivity index (χ3v) is 4.19. The minimum absolute atomic E-state index is 0.0387. The van der Waals surface area contributed by atoms with Crippen molar-refractivity contribution >= 4 is 17.1 Å². The molecule has 24 heavy (non-hydrogen) atoms. The minimum atomic E-state index is -0.155. The maximum absolute atomic E-state index is 13.0. The van der Waals surface area contributed by atoms with Crippen LogP contribution in [0.3, 0.4) is 0 Å². The van der Waals surface area contributed by atoms with E-state index < -0.39 is 0 Å². The normalized spacial score (nSPS) is 18.2. The zero-order valence-corrected chi connectivity index (χ0v) is 13.6. The van der Waals surface area contributed by atoms with E-state index in [-0.39, 0.29) is 12.0 Å². The van der Waals surface area contributed by atoms with Crippen LogP contribution in [0.15, 0.2) is 24.7 Å². The highest BCUT2D eigenvalue weighted by molar-refractivity contribution is 6.04. The number of H-pyrrole nitrogens is 1. The molecule has 0 aliphatic carbocycles. The molecule has 1 N–H and O–H groups in total. The molecule has 1 aliphatic rings. The molecule has 8 nitrogen and oxygen atoms in total. The van der Waals surface area contributed by atoms with Crippen molar-refractivity contribution in [1.29, 1.82) is 0 Å². The van der Waals surface area contributed by atoms with E-state index in [1.165, 1.54) is 0 Å². The van der Waals surface area contributed by atoms with E-state index in [4.69, 9.17) is 4.74 Å². The largest absolute Gasteiger partial charge is 0.370 e. The van der Waals surface area contributed by atoms with E-state index in [2.05, 4.69) is 20.1 Å². The van der Waals surface area contributed by atoms with Crippen LogP contribution in [0.1, 0.15) is 27.8 Å². The van der Waals surface area contributed by atoms with Crippen molar-refractivity contribution in [2.45, 2.75) is 13.0 Å². The number of aryl methyl sites for hydroxylation is 2. The average molecular weight is 326 g/mol. The summed E-state index contributed by atoms with van der Waals surface area (Å²) in [5.41, 5.74) is 2.82. The topological polar surface area (TPSA) is 88.9 Å². The number of rotatable bonds is 2. The molecule has 0 saturated carbocycles. The highest BCUT2D eigenvalue weighted by atomic mass is 16.5. The average Bonchev–Trinajstić information content (AvgIpc) is 3.18. The molecule has 0 radical (unpaired) electrons. The number of aromatic amines is 1. The SMILES string of the molecule is Cc1nc2nccc(C(=O)N3CCOC(c4cnn(C)c4)C3)c2[nH]1. The number of carbonyl (C=O) groups excluding carboxylic acids is 1. The van der Waals surface area contributed by atoms with Crippen LogP contribution in [0.2, 0.25) is 0 Å².